The molecule has 0 aromatic heterocycles. The van der Waals surface area contributed by atoms with E-state index >= 15 is 0 Å². The second kappa shape index (κ2) is 8.17. The van der Waals surface area contributed by atoms with Crippen molar-refractivity contribution in [1.29, 1.82) is 0 Å². The Balaban J connectivity index is 1.69. The minimum atomic E-state index is -0.948. The summed E-state index contributed by atoms with van der Waals surface area (Å²) in [4.78, 5) is 37.5. The summed E-state index contributed by atoms with van der Waals surface area (Å²) in [6.07, 6.45) is 1.57. The molecular weight excluding hydrogens is 489 g/mol. The number of imide groups is 1. The van der Waals surface area contributed by atoms with Crippen LogP contribution in [-0.2, 0) is 9.59 Å². The quantitative estimate of drug-likeness (QED) is 0.504. The number of anilines is 1. The van der Waals surface area contributed by atoms with Gasteiger partial charge in [0.15, 0.2) is 0 Å². The van der Waals surface area contributed by atoms with E-state index in [1.54, 1.807) is 18.2 Å². The number of hydrogen-bond acceptors (Lipinski definition) is 4. The summed E-state index contributed by atoms with van der Waals surface area (Å²) in [5.41, 5.74) is 0.515. The van der Waals surface area contributed by atoms with Crippen molar-refractivity contribution in [3.63, 3.8) is 0 Å². The molecule has 0 radical (unpaired) electrons. The Hall–Kier alpha value is -2.27. The summed E-state index contributed by atoms with van der Waals surface area (Å²) in [5.74, 6) is -3.09. The molecule has 138 valence electrons. The third-order valence-electron chi connectivity index (χ3n) is 3.55. The fourth-order valence-electron chi connectivity index (χ4n) is 2.27. The van der Waals surface area contributed by atoms with Crippen molar-refractivity contribution in [1.82, 2.24) is 4.90 Å². The lowest BCUT2D eigenvalue weighted by atomic mass is 10.2. The molecule has 1 aliphatic heterocycles. The highest BCUT2D eigenvalue weighted by Crippen LogP contribution is 2.32. The number of hydrogen-bond donors (Lipinski definition) is 1. The molecule has 0 aliphatic carbocycles. The van der Waals surface area contributed by atoms with Gasteiger partial charge in [0, 0.05) is 9.64 Å². The van der Waals surface area contributed by atoms with Crippen molar-refractivity contribution in [2.75, 3.05) is 11.9 Å². The zero-order chi connectivity index (χ0) is 19.6. The molecule has 0 bridgehead atoms. The third-order valence-corrected chi connectivity index (χ3v) is 5.17. The van der Waals surface area contributed by atoms with Crippen LogP contribution in [0.25, 0.3) is 6.08 Å². The summed E-state index contributed by atoms with van der Waals surface area (Å²) >= 11 is 2.88. The zero-order valence-electron chi connectivity index (χ0n) is 13.5. The number of amides is 3. The van der Waals surface area contributed by atoms with Crippen LogP contribution in [0.15, 0.2) is 47.4 Å². The maximum absolute atomic E-state index is 13.6. The van der Waals surface area contributed by atoms with Crippen LogP contribution in [0.3, 0.4) is 0 Å². The van der Waals surface area contributed by atoms with Crippen molar-refractivity contribution >= 4 is 63.2 Å². The molecule has 1 aliphatic rings. The van der Waals surface area contributed by atoms with Crippen LogP contribution < -0.4 is 5.32 Å². The molecule has 0 atom stereocenters. The lowest BCUT2D eigenvalue weighted by Crippen LogP contribution is -2.36. The molecule has 2 aromatic rings. The molecule has 0 spiro atoms. The van der Waals surface area contributed by atoms with E-state index in [0.717, 1.165) is 37.9 Å². The molecule has 3 amide bonds. The Morgan fingerprint density at radius 3 is 2.52 bits per heavy atom. The van der Waals surface area contributed by atoms with Gasteiger partial charge in [0.05, 0.1) is 10.6 Å². The van der Waals surface area contributed by atoms with Gasteiger partial charge >= 0.3 is 0 Å². The molecule has 0 saturated carbocycles. The molecule has 5 nitrogen and oxygen atoms in total. The Labute approximate surface area is 170 Å². The van der Waals surface area contributed by atoms with Crippen LogP contribution >= 0.6 is 34.4 Å². The van der Waals surface area contributed by atoms with E-state index in [1.165, 1.54) is 0 Å². The molecule has 0 unspecified atom stereocenters. The van der Waals surface area contributed by atoms with Gasteiger partial charge in [0.2, 0.25) is 5.91 Å². The number of rotatable bonds is 4. The van der Waals surface area contributed by atoms with E-state index in [9.17, 15) is 23.2 Å². The maximum atomic E-state index is 13.6. The van der Waals surface area contributed by atoms with Crippen molar-refractivity contribution in [2.45, 2.75) is 0 Å². The zero-order valence-corrected chi connectivity index (χ0v) is 16.5. The molecule has 1 heterocycles. The van der Waals surface area contributed by atoms with E-state index < -0.39 is 35.2 Å². The molecule has 3 rings (SSSR count). The monoisotopic (exact) mass is 500 g/mol. The molecular formula is C18H11F2IN2O3S. The first kappa shape index (κ1) is 19.5. The van der Waals surface area contributed by atoms with Crippen molar-refractivity contribution in [2.24, 2.45) is 0 Å². The van der Waals surface area contributed by atoms with Crippen LogP contribution in [-0.4, -0.2) is 28.5 Å². The van der Waals surface area contributed by atoms with Crippen LogP contribution in [0.2, 0.25) is 0 Å². The molecule has 1 N–H and O–H groups in total. The number of carbonyl (C=O) groups is 3. The van der Waals surface area contributed by atoms with Crippen LogP contribution in [0.5, 0.6) is 0 Å². The maximum Gasteiger partial charge on any atom is 0.294 e. The largest absolute Gasteiger partial charge is 0.322 e. The van der Waals surface area contributed by atoms with E-state index in [1.807, 2.05) is 12.1 Å². The number of nitrogens with zero attached hydrogens (tertiary/aromatic N) is 1. The average Bonchev–Trinajstić information content (AvgIpc) is 2.87. The van der Waals surface area contributed by atoms with E-state index in [4.69, 9.17) is 0 Å². The van der Waals surface area contributed by atoms with Crippen molar-refractivity contribution < 1.29 is 23.2 Å². The molecule has 2 aromatic carbocycles. The van der Waals surface area contributed by atoms with Crippen molar-refractivity contribution in [3.05, 3.63) is 68.1 Å². The number of thioether (sulfide) groups is 1. The number of benzene rings is 2. The fourth-order valence-corrected chi connectivity index (χ4v) is 3.47. The Morgan fingerprint density at radius 1 is 1.15 bits per heavy atom. The predicted molar refractivity (Wildman–Crippen MR) is 107 cm³/mol. The number of carbonyl (C=O) groups excluding carboxylic acids is 3. The highest BCUT2D eigenvalue weighted by atomic mass is 127. The second-order valence-corrected chi connectivity index (χ2v) is 7.73. The Morgan fingerprint density at radius 2 is 1.85 bits per heavy atom. The van der Waals surface area contributed by atoms with Crippen LogP contribution in [0.1, 0.15) is 5.56 Å². The molecule has 1 saturated heterocycles. The second-order valence-electron chi connectivity index (χ2n) is 5.49. The first-order valence-electron chi connectivity index (χ1n) is 7.59. The van der Waals surface area contributed by atoms with E-state index in [2.05, 4.69) is 27.9 Å². The topological polar surface area (TPSA) is 66.5 Å². The molecule has 9 heteroatoms. The Bertz CT molecular complexity index is 964. The van der Waals surface area contributed by atoms with Gasteiger partial charge in [0.1, 0.15) is 18.2 Å². The van der Waals surface area contributed by atoms with Crippen molar-refractivity contribution in [3.8, 4) is 0 Å². The minimum absolute atomic E-state index is 0.196. The molecule has 1 fully saturated rings. The van der Waals surface area contributed by atoms with Gasteiger partial charge in [-0.15, -0.1) is 0 Å². The van der Waals surface area contributed by atoms with E-state index in [0.29, 0.717) is 6.07 Å². The smallest absolute Gasteiger partial charge is 0.294 e. The van der Waals surface area contributed by atoms with Gasteiger partial charge in [-0.25, -0.2) is 8.78 Å². The van der Waals surface area contributed by atoms with Gasteiger partial charge in [-0.1, -0.05) is 12.1 Å². The summed E-state index contributed by atoms with van der Waals surface area (Å²) in [6, 6.07) is 10.0. The fraction of sp³-hybridized carbons (Fsp3) is 0.0556. The molecule has 27 heavy (non-hydrogen) atoms. The first-order valence-corrected chi connectivity index (χ1v) is 9.49. The van der Waals surface area contributed by atoms with Gasteiger partial charge in [0.25, 0.3) is 11.1 Å². The summed E-state index contributed by atoms with van der Waals surface area (Å²) in [5, 5.41) is 1.63. The summed E-state index contributed by atoms with van der Waals surface area (Å²) in [6.45, 7) is -0.564. The van der Waals surface area contributed by atoms with E-state index in [-0.39, 0.29) is 10.6 Å². The SMILES string of the molecule is O=C(CN1C(=O)S/C(=C\c2ccc(I)cc2)C1=O)Nc1ccc(F)cc1F. The minimum Gasteiger partial charge on any atom is -0.322 e. The lowest BCUT2D eigenvalue weighted by molar-refractivity contribution is -0.127. The highest BCUT2D eigenvalue weighted by molar-refractivity contribution is 14.1. The van der Waals surface area contributed by atoms with Gasteiger partial charge in [-0.2, -0.15) is 0 Å². The van der Waals surface area contributed by atoms with Gasteiger partial charge in [-0.05, 0) is 70.3 Å². The normalized spacial score (nSPS) is 15.5. The Kier molecular flexibility index (Phi) is 5.90. The number of nitrogens with one attached hydrogen (secondary N) is 1. The summed E-state index contributed by atoms with van der Waals surface area (Å²) in [7, 11) is 0. The van der Waals surface area contributed by atoms with Crippen LogP contribution in [0.4, 0.5) is 19.3 Å². The van der Waals surface area contributed by atoms with Gasteiger partial charge < -0.3 is 5.32 Å². The highest BCUT2D eigenvalue weighted by Gasteiger charge is 2.36. The first-order chi connectivity index (χ1) is 12.8. The summed E-state index contributed by atoms with van der Waals surface area (Å²) < 4.78 is 27.5. The predicted octanol–water partition coefficient (Wildman–Crippen LogP) is 4.24. The van der Waals surface area contributed by atoms with Crippen LogP contribution in [0, 0.1) is 15.2 Å². The van der Waals surface area contributed by atoms with Gasteiger partial charge in [-0.3, -0.25) is 19.3 Å². The number of halogens is 3. The average molecular weight is 500 g/mol. The standard InChI is InChI=1S/C18H11F2IN2O3S/c19-11-3-6-14(13(20)8-11)22-16(24)9-23-17(25)15(27-18(23)26)7-10-1-4-12(21)5-2-10/h1-8H,9H2,(H,22,24)/b15-7-. The third kappa shape index (κ3) is 4.72. The lowest BCUT2D eigenvalue weighted by Gasteiger charge is -2.12.